The summed E-state index contributed by atoms with van der Waals surface area (Å²) in [6, 6.07) is 6.97. The molecular formula is C29H44N4O2. The maximum Gasteiger partial charge on any atom is 0.254 e. The van der Waals surface area contributed by atoms with E-state index in [2.05, 4.69) is 59.8 Å². The van der Waals surface area contributed by atoms with E-state index in [1.54, 1.807) is 0 Å². The molecule has 0 unspecified atom stereocenters. The molecule has 0 aromatic heterocycles. The van der Waals surface area contributed by atoms with Crippen molar-refractivity contribution >= 4 is 11.6 Å². The molecule has 0 saturated carbocycles. The highest BCUT2D eigenvalue weighted by Crippen LogP contribution is 2.26. The van der Waals surface area contributed by atoms with Crippen LogP contribution in [-0.4, -0.2) is 96.8 Å². The van der Waals surface area contributed by atoms with Crippen LogP contribution in [0.3, 0.4) is 0 Å². The van der Waals surface area contributed by atoms with Gasteiger partial charge in [-0.2, -0.15) is 0 Å². The number of amides is 1. The monoisotopic (exact) mass is 480 g/mol. The van der Waals surface area contributed by atoms with Gasteiger partial charge in [0.05, 0.1) is 6.10 Å². The predicted molar refractivity (Wildman–Crippen MR) is 144 cm³/mol. The number of benzene rings is 1. The first-order valence-corrected chi connectivity index (χ1v) is 13.5. The van der Waals surface area contributed by atoms with Crippen molar-refractivity contribution in [3.63, 3.8) is 0 Å². The highest BCUT2D eigenvalue weighted by atomic mass is 16.3. The number of carbonyl (C=O) groups excluding carboxylic acids is 1. The fraction of sp³-hybridized carbons (Fsp3) is 0.621. The molecule has 0 radical (unpaired) electrons. The molecule has 1 aromatic carbocycles. The Kier molecular flexibility index (Phi) is 8.68. The van der Waals surface area contributed by atoms with Gasteiger partial charge in [-0.05, 0) is 76.3 Å². The van der Waals surface area contributed by atoms with E-state index in [1.807, 2.05) is 17.9 Å². The number of hydrogen-bond acceptors (Lipinski definition) is 5. The number of anilines is 1. The number of β-amino-alcohol motifs (C(OH)–C–C–N with tert-alkyl or cyclic N) is 1. The maximum atomic E-state index is 13.4. The minimum absolute atomic E-state index is 0.0664. The van der Waals surface area contributed by atoms with Crippen molar-refractivity contribution in [2.24, 2.45) is 0 Å². The van der Waals surface area contributed by atoms with Crippen LogP contribution in [-0.2, 0) is 6.42 Å². The van der Waals surface area contributed by atoms with E-state index < -0.39 is 6.10 Å². The SMILES string of the molecule is C/C=C\C1=C(C)CCN(C[C@@H](O)CN2CCCc3cc(N4CCN(C(C)C)CC4)ccc3C2=O)C1. The fourth-order valence-electron chi connectivity index (χ4n) is 5.70. The normalized spacial score (nSPS) is 21.7. The maximum absolute atomic E-state index is 13.4. The number of carbonyl (C=O) groups is 1. The first-order valence-electron chi connectivity index (χ1n) is 13.5. The number of nitrogens with zero attached hydrogens (tertiary/aromatic N) is 4. The van der Waals surface area contributed by atoms with Gasteiger partial charge in [0.1, 0.15) is 0 Å². The molecule has 1 N–H and O–H groups in total. The van der Waals surface area contributed by atoms with Crippen LogP contribution in [0.5, 0.6) is 0 Å². The average Bonchev–Trinajstić information content (AvgIpc) is 2.99. The zero-order valence-electron chi connectivity index (χ0n) is 22.2. The number of aliphatic hydroxyl groups is 1. The molecule has 6 heteroatoms. The number of allylic oxidation sites excluding steroid dienone is 1. The van der Waals surface area contributed by atoms with E-state index in [4.69, 9.17) is 0 Å². The molecule has 1 fully saturated rings. The predicted octanol–water partition coefficient (Wildman–Crippen LogP) is 3.56. The molecule has 6 nitrogen and oxygen atoms in total. The molecule has 3 aliphatic heterocycles. The highest BCUT2D eigenvalue weighted by Gasteiger charge is 2.27. The van der Waals surface area contributed by atoms with Crippen LogP contribution in [0.1, 0.15) is 56.5 Å². The Hall–Kier alpha value is -2.15. The Morgan fingerprint density at radius 2 is 1.80 bits per heavy atom. The first-order chi connectivity index (χ1) is 16.9. The van der Waals surface area contributed by atoms with Crippen molar-refractivity contribution in [1.29, 1.82) is 0 Å². The lowest BCUT2D eigenvalue weighted by Crippen LogP contribution is -2.48. The minimum Gasteiger partial charge on any atom is -0.390 e. The summed E-state index contributed by atoms with van der Waals surface area (Å²) in [7, 11) is 0. The lowest BCUT2D eigenvalue weighted by Gasteiger charge is -2.38. The summed E-state index contributed by atoms with van der Waals surface area (Å²) in [5, 5.41) is 10.9. The van der Waals surface area contributed by atoms with E-state index in [0.29, 0.717) is 25.7 Å². The van der Waals surface area contributed by atoms with Gasteiger partial charge in [-0.15, -0.1) is 0 Å². The summed E-state index contributed by atoms with van der Waals surface area (Å²) in [5.41, 5.74) is 6.00. The Bertz CT molecular complexity index is 946. The second-order valence-corrected chi connectivity index (χ2v) is 10.8. The summed E-state index contributed by atoms with van der Waals surface area (Å²) in [6.07, 6.45) is 6.62. The number of piperazine rings is 1. The van der Waals surface area contributed by atoms with E-state index in [-0.39, 0.29) is 5.91 Å². The highest BCUT2D eigenvalue weighted by molar-refractivity contribution is 5.96. The second-order valence-electron chi connectivity index (χ2n) is 10.8. The molecule has 1 amide bonds. The van der Waals surface area contributed by atoms with Gasteiger partial charge in [-0.1, -0.05) is 17.7 Å². The summed E-state index contributed by atoms with van der Waals surface area (Å²) >= 11 is 0. The average molecular weight is 481 g/mol. The van der Waals surface area contributed by atoms with Gasteiger partial charge in [0.2, 0.25) is 0 Å². The number of fused-ring (bicyclic) bond motifs is 1. The van der Waals surface area contributed by atoms with Crippen LogP contribution in [0.4, 0.5) is 5.69 Å². The van der Waals surface area contributed by atoms with Gasteiger partial charge in [0.25, 0.3) is 5.91 Å². The molecule has 35 heavy (non-hydrogen) atoms. The number of aliphatic hydroxyl groups excluding tert-OH is 1. The van der Waals surface area contributed by atoms with Gasteiger partial charge in [-0.25, -0.2) is 0 Å². The fourth-order valence-corrected chi connectivity index (χ4v) is 5.70. The molecule has 1 saturated heterocycles. The molecule has 1 atom stereocenters. The standard InChI is InChI=1S/C29H44N4O2/c1-5-7-25-19-30(13-11-23(25)4)20-27(34)21-33-12-6-8-24-18-26(9-10-28(24)29(33)35)32-16-14-31(15-17-32)22(2)3/h5,7,9-10,18,22,27,34H,6,8,11-17,19-21H2,1-4H3/b7-5-/t27-/m1/s1. The van der Waals surface area contributed by atoms with Crippen LogP contribution in [0, 0.1) is 0 Å². The lowest BCUT2D eigenvalue weighted by molar-refractivity contribution is 0.0537. The Labute approximate surface area is 211 Å². The van der Waals surface area contributed by atoms with E-state index in [0.717, 1.165) is 69.7 Å². The van der Waals surface area contributed by atoms with Crippen LogP contribution < -0.4 is 4.90 Å². The second kappa shape index (κ2) is 11.7. The first kappa shape index (κ1) is 25.9. The lowest BCUT2D eigenvalue weighted by atomic mass is 10.0. The summed E-state index contributed by atoms with van der Waals surface area (Å²) in [6.45, 7) is 16.6. The quantitative estimate of drug-likeness (QED) is 0.647. The van der Waals surface area contributed by atoms with Crippen LogP contribution in [0.25, 0.3) is 0 Å². The van der Waals surface area contributed by atoms with E-state index in [9.17, 15) is 9.90 Å². The third-order valence-corrected chi connectivity index (χ3v) is 7.90. The van der Waals surface area contributed by atoms with Crippen molar-refractivity contribution in [1.82, 2.24) is 14.7 Å². The van der Waals surface area contributed by atoms with Gasteiger partial charge >= 0.3 is 0 Å². The molecule has 4 rings (SSSR count). The van der Waals surface area contributed by atoms with Gasteiger partial charge in [-0.3, -0.25) is 14.6 Å². The summed E-state index contributed by atoms with van der Waals surface area (Å²) in [4.78, 5) is 22.6. The number of hydrogen-bond donors (Lipinski definition) is 1. The Morgan fingerprint density at radius 1 is 1.03 bits per heavy atom. The zero-order chi connectivity index (χ0) is 24.9. The summed E-state index contributed by atoms with van der Waals surface area (Å²) in [5.74, 6) is 0.0664. The number of aryl methyl sites for hydroxylation is 1. The van der Waals surface area contributed by atoms with Crippen LogP contribution in [0.15, 0.2) is 41.5 Å². The van der Waals surface area contributed by atoms with Gasteiger partial charge in [0, 0.05) is 76.2 Å². The third-order valence-electron chi connectivity index (χ3n) is 7.90. The smallest absolute Gasteiger partial charge is 0.254 e. The van der Waals surface area contributed by atoms with Crippen molar-refractivity contribution in [3.8, 4) is 0 Å². The largest absolute Gasteiger partial charge is 0.390 e. The third kappa shape index (κ3) is 6.35. The number of rotatable bonds is 7. The van der Waals surface area contributed by atoms with Crippen LogP contribution in [0.2, 0.25) is 0 Å². The van der Waals surface area contributed by atoms with E-state index in [1.165, 1.54) is 16.8 Å². The Morgan fingerprint density at radius 3 is 2.51 bits per heavy atom. The molecule has 0 bridgehead atoms. The molecule has 0 aliphatic carbocycles. The van der Waals surface area contributed by atoms with Gasteiger partial charge in [0.15, 0.2) is 0 Å². The summed E-state index contributed by atoms with van der Waals surface area (Å²) < 4.78 is 0. The van der Waals surface area contributed by atoms with E-state index >= 15 is 0 Å². The van der Waals surface area contributed by atoms with Crippen molar-refractivity contribution in [2.75, 3.05) is 63.8 Å². The molecule has 3 heterocycles. The molecule has 1 aromatic rings. The van der Waals surface area contributed by atoms with Crippen molar-refractivity contribution in [3.05, 3.63) is 52.6 Å². The minimum atomic E-state index is -0.540. The topological polar surface area (TPSA) is 50.3 Å². The molecule has 3 aliphatic rings. The van der Waals surface area contributed by atoms with Gasteiger partial charge < -0.3 is 14.9 Å². The van der Waals surface area contributed by atoms with Crippen molar-refractivity contribution < 1.29 is 9.90 Å². The van der Waals surface area contributed by atoms with Crippen LogP contribution >= 0.6 is 0 Å². The molecule has 192 valence electrons. The van der Waals surface area contributed by atoms with Crippen molar-refractivity contribution in [2.45, 2.75) is 59.1 Å². The Balaban J connectivity index is 1.36. The molecular weight excluding hydrogens is 436 g/mol. The molecule has 0 spiro atoms. The zero-order valence-corrected chi connectivity index (χ0v) is 22.2.